The topological polar surface area (TPSA) is 12.0 Å². The predicted octanol–water partition coefficient (Wildman–Crippen LogP) is 4.02. The summed E-state index contributed by atoms with van der Waals surface area (Å²) in [6, 6.07) is 9.89. The third-order valence-corrected chi connectivity index (χ3v) is 4.61. The van der Waals surface area contributed by atoms with Gasteiger partial charge in [0.05, 0.1) is 0 Å². The maximum Gasteiger partial charge on any atom is 0.00787 e. The molecular weight excluding hydrogens is 218 g/mol. The fourth-order valence-corrected chi connectivity index (χ4v) is 3.00. The van der Waals surface area contributed by atoms with Crippen molar-refractivity contribution in [3.8, 4) is 0 Å². The molecule has 0 aliphatic heterocycles. The molecule has 0 unspecified atom stereocenters. The maximum atomic E-state index is 3.71. The molecule has 0 spiro atoms. The minimum Gasteiger partial charge on any atom is -0.314 e. The number of nitrogens with one attached hydrogen (secondary N) is 1. The van der Waals surface area contributed by atoms with Crippen molar-refractivity contribution >= 4 is 0 Å². The van der Waals surface area contributed by atoms with Crippen molar-refractivity contribution in [3.05, 3.63) is 35.4 Å². The molecule has 2 fully saturated rings. The Kier molecular flexibility index (Phi) is 3.69. The second-order valence-electron chi connectivity index (χ2n) is 6.32. The smallest absolute Gasteiger partial charge is 0.00787 e. The molecule has 98 valence electrons. The number of rotatable bonds is 6. The first-order valence-electron chi connectivity index (χ1n) is 7.61. The standard InChI is InChI=1S/C17H25N/c1-13-4-8-15(9-5-13)16-11-17(12-16)18-10-2-3-14-6-7-14/h4-5,8-9,14,16-18H,2-3,6-7,10-12H2,1H3. The Morgan fingerprint density at radius 2 is 1.83 bits per heavy atom. The van der Waals surface area contributed by atoms with Gasteiger partial charge in [0.2, 0.25) is 0 Å². The average molecular weight is 243 g/mol. The minimum absolute atomic E-state index is 0.788. The molecule has 1 aromatic carbocycles. The van der Waals surface area contributed by atoms with Gasteiger partial charge in [0.25, 0.3) is 0 Å². The van der Waals surface area contributed by atoms with Crippen LogP contribution in [0.4, 0.5) is 0 Å². The fourth-order valence-electron chi connectivity index (χ4n) is 3.00. The normalized spacial score (nSPS) is 26.9. The lowest BCUT2D eigenvalue weighted by Gasteiger charge is -2.36. The summed E-state index contributed by atoms with van der Waals surface area (Å²) in [6.07, 6.45) is 8.52. The Balaban J connectivity index is 1.33. The Labute approximate surface area is 111 Å². The highest BCUT2D eigenvalue weighted by Crippen LogP contribution is 2.37. The van der Waals surface area contributed by atoms with Gasteiger partial charge in [0.1, 0.15) is 0 Å². The van der Waals surface area contributed by atoms with Gasteiger partial charge in [-0.3, -0.25) is 0 Å². The second-order valence-corrected chi connectivity index (χ2v) is 6.32. The van der Waals surface area contributed by atoms with Gasteiger partial charge in [-0.2, -0.15) is 0 Å². The van der Waals surface area contributed by atoms with Gasteiger partial charge in [-0.25, -0.2) is 0 Å². The zero-order valence-corrected chi connectivity index (χ0v) is 11.5. The van der Waals surface area contributed by atoms with E-state index in [1.54, 1.807) is 0 Å². The van der Waals surface area contributed by atoms with Gasteiger partial charge in [0, 0.05) is 6.04 Å². The molecule has 0 saturated heterocycles. The molecule has 1 N–H and O–H groups in total. The van der Waals surface area contributed by atoms with Crippen LogP contribution < -0.4 is 5.32 Å². The number of hydrogen-bond acceptors (Lipinski definition) is 1. The summed E-state index contributed by atoms with van der Waals surface area (Å²) in [5, 5.41) is 3.71. The fraction of sp³-hybridized carbons (Fsp3) is 0.647. The summed E-state index contributed by atoms with van der Waals surface area (Å²) in [6.45, 7) is 3.40. The van der Waals surface area contributed by atoms with Gasteiger partial charge in [-0.1, -0.05) is 42.7 Å². The lowest BCUT2D eigenvalue weighted by molar-refractivity contribution is 0.289. The van der Waals surface area contributed by atoms with E-state index in [-0.39, 0.29) is 0 Å². The molecule has 1 heteroatoms. The molecule has 0 atom stereocenters. The van der Waals surface area contributed by atoms with Gasteiger partial charge in [-0.15, -0.1) is 0 Å². The van der Waals surface area contributed by atoms with E-state index in [0.29, 0.717) is 0 Å². The Hall–Kier alpha value is -0.820. The first-order chi connectivity index (χ1) is 8.81. The average Bonchev–Trinajstić information content (AvgIpc) is 3.12. The quantitative estimate of drug-likeness (QED) is 0.744. The van der Waals surface area contributed by atoms with Crippen molar-refractivity contribution in [2.75, 3.05) is 6.54 Å². The zero-order valence-electron chi connectivity index (χ0n) is 11.5. The van der Waals surface area contributed by atoms with Crippen LogP contribution in [0, 0.1) is 12.8 Å². The lowest BCUT2D eigenvalue weighted by atomic mass is 9.75. The third kappa shape index (κ3) is 3.14. The van der Waals surface area contributed by atoms with Gasteiger partial charge in [0.15, 0.2) is 0 Å². The highest BCUT2D eigenvalue weighted by atomic mass is 14.9. The van der Waals surface area contributed by atoms with E-state index in [0.717, 1.165) is 17.9 Å². The predicted molar refractivity (Wildman–Crippen MR) is 76.9 cm³/mol. The second kappa shape index (κ2) is 5.44. The molecule has 2 saturated carbocycles. The van der Waals surface area contributed by atoms with Crippen LogP contribution in [0.1, 0.15) is 55.6 Å². The van der Waals surface area contributed by atoms with Crippen LogP contribution >= 0.6 is 0 Å². The lowest BCUT2D eigenvalue weighted by Crippen LogP contribution is -2.40. The van der Waals surface area contributed by atoms with E-state index in [1.165, 1.54) is 56.2 Å². The first kappa shape index (κ1) is 12.2. The van der Waals surface area contributed by atoms with E-state index in [1.807, 2.05) is 0 Å². The number of hydrogen-bond donors (Lipinski definition) is 1. The van der Waals surface area contributed by atoms with Crippen LogP contribution in [0.3, 0.4) is 0 Å². The number of benzene rings is 1. The van der Waals surface area contributed by atoms with Crippen molar-refractivity contribution in [1.29, 1.82) is 0 Å². The van der Waals surface area contributed by atoms with Crippen LogP contribution in [0.2, 0.25) is 0 Å². The molecule has 18 heavy (non-hydrogen) atoms. The van der Waals surface area contributed by atoms with E-state index >= 15 is 0 Å². The summed E-state index contributed by atoms with van der Waals surface area (Å²) in [5.74, 6) is 1.90. The summed E-state index contributed by atoms with van der Waals surface area (Å²) in [5.41, 5.74) is 2.91. The molecule has 1 aromatic rings. The van der Waals surface area contributed by atoms with Crippen molar-refractivity contribution in [2.24, 2.45) is 5.92 Å². The van der Waals surface area contributed by atoms with Crippen LogP contribution in [-0.4, -0.2) is 12.6 Å². The highest BCUT2D eigenvalue weighted by molar-refractivity contribution is 5.26. The Morgan fingerprint density at radius 3 is 2.50 bits per heavy atom. The van der Waals surface area contributed by atoms with Crippen LogP contribution in [0.5, 0.6) is 0 Å². The van der Waals surface area contributed by atoms with Gasteiger partial charge < -0.3 is 5.32 Å². The summed E-state index contributed by atoms with van der Waals surface area (Å²) < 4.78 is 0. The third-order valence-electron chi connectivity index (χ3n) is 4.61. The molecule has 0 aromatic heterocycles. The highest BCUT2D eigenvalue weighted by Gasteiger charge is 2.29. The molecule has 1 nitrogen and oxygen atoms in total. The molecule has 2 aliphatic rings. The maximum absolute atomic E-state index is 3.71. The minimum atomic E-state index is 0.788. The molecule has 2 aliphatic carbocycles. The van der Waals surface area contributed by atoms with E-state index in [9.17, 15) is 0 Å². The molecule has 3 rings (SSSR count). The molecular formula is C17H25N. The van der Waals surface area contributed by atoms with Crippen molar-refractivity contribution < 1.29 is 0 Å². The van der Waals surface area contributed by atoms with Crippen molar-refractivity contribution in [2.45, 2.75) is 57.4 Å². The SMILES string of the molecule is Cc1ccc(C2CC(NCCCC3CC3)C2)cc1. The summed E-state index contributed by atoms with van der Waals surface area (Å²) >= 11 is 0. The van der Waals surface area contributed by atoms with E-state index < -0.39 is 0 Å². The monoisotopic (exact) mass is 243 g/mol. The Morgan fingerprint density at radius 1 is 1.11 bits per heavy atom. The van der Waals surface area contributed by atoms with Gasteiger partial charge in [-0.05, 0) is 56.6 Å². The van der Waals surface area contributed by atoms with Crippen LogP contribution in [0.25, 0.3) is 0 Å². The first-order valence-corrected chi connectivity index (χ1v) is 7.61. The van der Waals surface area contributed by atoms with Crippen molar-refractivity contribution in [1.82, 2.24) is 5.32 Å². The molecule has 0 heterocycles. The van der Waals surface area contributed by atoms with Crippen molar-refractivity contribution in [3.63, 3.8) is 0 Å². The molecule has 0 amide bonds. The molecule has 0 radical (unpaired) electrons. The largest absolute Gasteiger partial charge is 0.314 e. The van der Waals surface area contributed by atoms with E-state index in [2.05, 4.69) is 36.5 Å². The Bertz CT molecular complexity index is 371. The van der Waals surface area contributed by atoms with Crippen LogP contribution in [-0.2, 0) is 0 Å². The summed E-state index contributed by atoms with van der Waals surface area (Å²) in [7, 11) is 0. The van der Waals surface area contributed by atoms with E-state index in [4.69, 9.17) is 0 Å². The molecule has 0 bridgehead atoms. The van der Waals surface area contributed by atoms with Crippen LogP contribution in [0.15, 0.2) is 24.3 Å². The number of aryl methyl sites for hydroxylation is 1. The van der Waals surface area contributed by atoms with Gasteiger partial charge >= 0.3 is 0 Å². The summed E-state index contributed by atoms with van der Waals surface area (Å²) in [4.78, 5) is 0. The zero-order chi connectivity index (χ0) is 12.4.